The van der Waals surface area contributed by atoms with E-state index in [4.69, 9.17) is 39.5 Å². The van der Waals surface area contributed by atoms with Gasteiger partial charge in [0, 0.05) is 54.2 Å². The molecule has 12 aromatic carbocycles. The van der Waals surface area contributed by atoms with Gasteiger partial charge in [-0.3, -0.25) is 28.8 Å². The van der Waals surface area contributed by atoms with E-state index in [2.05, 4.69) is 47.8 Å². The van der Waals surface area contributed by atoms with E-state index in [9.17, 15) is 133 Å². The molecule has 690 valence electrons. The van der Waals surface area contributed by atoms with Crippen molar-refractivity contribution in [3.63, 3.8) is 0 Å². The molecular formula is C91H69BrCl3F19N6O11. The van der Waals surface area contributed by atoms with Crippen LogP contribution in [0.3, 0.4) is 0 Å². The summed E-state index contributed by atoms with van der Waals surface area (Å²) in [5.74, 6) is -6.02. The molecule has 6 amide bonds. The minimum atomic E-state index is -4.55. The third kappa shape index (κ3) is 32.0. The molecule has 0 radical (unpaired) electrons. The summed E-state index contributed by atoms with van der Waals surface area (Å²) in [6.07, 6.45) is -27.0. The number of rotatable bonds is 13. The van der Waals surface area contributed by atoms with Crippen LogP contribution in [0.25, 0.3) is 0 Å². The number of benzene rings is 12. The summed E-state index contributed by atoms with van der Waals surface area (Å²) in [7, 11) is 1.38. The number of phenols is 4. The number of alkyl halides is 18. The molecule has 0 aliphatic carbocycles. The summed E-state index contributed by atoms with van der Waals surface area (Å²) in [5.41, 5.74) is -2.98. The van der Waals surface area contributed by atoms with Crippen molar-refractivity contribution in [3.8, 4) is 28.7 Å². The first-order valence-corrected chi connectivity index (χ1v) is 39.0. The highest BCUT2D eigenvalue weighted by Gasteiger charge is 2.37. The molecule has 12 aromatic rings. The maximum atomic E-state index is 13.1. The molecule has 0 aliphatic heterocycles. The van der Waals surface area contributed by atoms with Crippen LogP contribution in [-0.2, 0) is 37.1 Å². The molecule has 0 unspecified atom stereocenters. The Labute approximate surface area is 756 Å². The van der Waals surface area contributed by atoms with E-state index in [1.54, 1.807) is 36.4 Å². The Morgan fingerprint density at radius 1 is 0.298 bits per heavy atom. The van der Waals surface area contributed by atoms with Gasteiger partial charge in [-0.15, -0.1) is 0 Å². The number of carbonyl (C=O) groups is 6. The molecule has 40 heteroatoms. The van der Waals surface area contributed by atoms with E-state index in [1.807, 2.05) is 0 Å². The SMILES string of the molecule is COc1ccc(Cl)cc1C(=O)Nc1cc(C)cc(C(F)(F)F)c1.Cc1cc(NC(=O)c2cc(Br)ccc2O)cc(C(F)(F)F)c1.Cc1cc(NC(=O)c2cc(F)ccc2O)cc(C(F)(F)F)c1.Cc1cc(NC(=O)c2cccc(Cl)c2)cc(C(F)(F)F)c1.Cc1cc(NC(=O)c2cccc(Cl)c2O)cc(C(F)(F)F)c1.Cc1cc(NC(=O)c2ccccc2O)cc(C(F)(F)F)c1. The van der Waals surface area contributed by atoms with E-state index >= 15 is 0 Å². The number of methoxy groups -OCH3 is 1. The van der Waals surface area contributed by atoms with Crippen LogP contribution in [0.1, 0.15) is 129 Å². The highest BCUT2D eigenvalue weighted by Crippen LogP contribution is 2.40. The van der Waals surface area contributed by atoms with Crippen LogP contribution in [0.2, 0.25) is 15.1 Å². The largest absolute Gasteiger partial charge is 0.507 e. The van der Waals surface area contributed by atoms with Gasteiger partial charge < -0.3 is 57.1 Å². The number of ether oxygens (including phenoxy) is 1. The van der Waals surface area contributed by atoms with Crippen LogP contribution < -0.4 is 36.6 Å². The molecular weight excluding hydrogens is 1900 g/mol. The maximum Gasteiger partial charge on any atom is 0.416 e. The number of aromatic hydroxyl groups is 4. The number of halogens is 23. The first kappa shape index (κ1) is 105. The molecule has 0 saturated heterocycles. The summed E-state index contributed by atoms with van der Waals surface area (Å²) < 4.78 is 248. The third-order valence-corrected chi connectivity index (χ3v) is 18.5. The van der Waals surface area contributed by atoms with E-state index < -0.39 is 123 Å². The van der Waals surface area contributed by atoms with Crippen molar-refractivity contribution in [2.75, 3.05) is 39.0 Å². The normalized spacial score (nSPS) is 11.3. The lowest BCUT2D eigenvalue weighted by Gasteiger charge is -2.13. The lowest BCUT2D eigenvalue weighted by Crippen LogP contribution is -2.14. The van der Waals surface area contributed by atoms with Crippen molar-refractivity contribution in [1.29, 1.82) is 0 Å². The van der Waals surface area contributed by atoms with Gasteiger partial charge in [0.05, 0.1) is 73.3 Å². The van der Waals surface area contributed by atoms with Gasteiger partial charge in [-0.05, 0) is 281 Å². The monoisotopic (exact) mass is 1970 g/mol. The molecule has 0 aliphatic rings. The summed E-state index contributed by atoms with van der Waals surface area (Å²) in [6.45, 7) is 8.99. The number of aryl methyl sites for hydroxylation is 6. The zero-order valence-corrected chi connectivity index (χ0v) is 72.1. The fourth-order valence-corrected chi connectivity index (χ4v) is 12.4. The van der Waals surface area contributed by atoms with Gasteiger partial charge in [0.2, 0.25) is 0 Å². The fraction of sp³-hybridized carbons (Fsp3) is 0.143. The minimum absolute atomic E-state index is 0.00688. The zero-order chi connectivity index (χ0) is 97.9. The molecule has 0 heterocycles. The van der Waals surface area contributed by atoms with E-state index in [-0.39, 0.29) is 89.8 Å². The van der Waals surface area contributed by atoms with Crippen LogP contribution in [0.15, 0.2) is 235 Å². The number of carbonyl (C=O) groups excluding carboxylic acids is 6. The third-order valence-electron chi connectivity index (χ3n) is 17.3. The van der Waals surface area contributed by atoms with Gasteiger partial charge >= 0.3 is 37.1 Å². The van der Waals surface area contributed by atoms with Crippen molar-refractivity contribution in [1.82, 2.24) is 0 Å². The van der Waals surface area contributed by atoms with Crippen LogP contribution in [0.5, 0.6) is 28.7 Å². The Morgan fingerprint density at radius 3 is 0.947 bits per heavy atom. The van der Waals surface area contributed by atoms with Gasteiger partial charge in [-0.1, -0.05) is 75.0 Å². The van der Waals surface area contributed by atoms with Crippen molar-refractivity contribution in [2.24, 2.45) is 0 Å². The molecule has 0 spiro atoms. The number of amides is 6. The lowest BCUT2D eigenvalue weighted by atomic mass is 10.1. The maximum absolute atomic E-state index is 13.1. The summed E-state index contributed by atoms with van der Waals surface area (Å²) in [6, 6.07) is 47.0. The summed E-state index contributed by atoms with van der Waals surface area (Å²) in [5, 5.41) is 53.2. The Kier molecular flexibility index (Phi) is 35.3. The molecule has 0 fully saturated rings. The predicted octanol–water partition coefficient (Wildman–Crippen LogP) is 27.3. The highest BCUT2D eigenvalue weighted by atomic mass is 79.9. The standard InChI is InChI=1S/C16H13ClF3NO2.C15H11BrF3NO2.C15H11ClF3NO2.C15H11ClF3NO.C15H11F4NO2.C15H12F3NO2/c1-9-5-10(16(18,19)20)7-12(6-9)21-15(22)13-8-11(17)3-4-14(13)23-2;1-8-4-9(15(17,18)19)6-11(5-8)20-14(22)12-7-10(16)2-3-13(12)21;1-8-5-9(15(17,18)19)7-10(6-8)20-14(22)11-3-2-4-12(16)13(11)21;1-9-5-11(15(17,18)19)8-13(6-9)20-14(21)10-3-2-4-12(16)7-10;1-8-4-9(15(17,18)19)6-11(5-8)20-14(22)12-7-10(16)2-3-13(12)21;1-9-6-10(15(16,17)18)8-11(7-9)19-14(21)12-4-2-3-5-13(12)20/h3-8H,1-2H3,(H,21,22);2*2-7,21H,1H3,(H,20,22);2-8H,1H3,(H,20,21);2-7,21H,1H3,(H,20,22);2-8,20H,1H3,(H,19,21). The number of para-hydroxylation sites is 2. The number of hydrogen-bond acceptors (Lipinski definition) is 11. The Balaban J connectivity index is 0.000000215. The van der Waals surface area contributed by atoms with Crippen molar-refractivity contribution in [2.45, 2.75) is 78.6 Å². The molecule has 0 aromatic heterocycles. The second-order valence-electron chi connectivity index (χ2n) is 28.1. The van der Waals surface area contributed by atoms with E-state index in [0.29, 0.717) is 47.9 Å². The van der Waals surface area contributed by atoms with Crippen molar-refractivity contribution in [3.05, 3.63) is 356 Å². The average Bonchev–Trinajstić information content (AvgIpc) is 0.839. The quantitative estimate of drug-likeness (QED) is 0.0485. The number of hydrogen-bond donors (Lipinski definition) is 10. The van der Waals surface area contributed by atoms with Crippen molar-refractivity contribution >= 4 is 120 Å². The first-order valence-electron chi connectivity index (χ1n) is 37.1. The number of anilines is 6. The fourth-order valence-electron chi connectivity index (χ4n) is 11.5. The molecule has 12 rings (SSSR count). The van der Waals surface area contributed by atoms with Gasteiger partial charge in [-0.25, -0.2) is 4.39 Å². The van der Waals surface area contributed by atoms with Crippen LogP contribution in [0.4, 0.5) is 118 Å². The Bertz CT molecular complexity index is 5980. The lowest BCUT2D eigenvalue weighted by molar-refractivity contribution is -0.138. The topological polar surface area (TPSA) is 265 Å². The smallest absolute Gasteiger partial charge is 0.416 e. The molecule has 10 N–H and O–H groups in total. The summed E-state index contributed by atoms with van der Waals surface area (Å²) in [4.78, 5) is 72.3. The van der Waals surface area contributed by atoms with Gasteiger partial charge in [0.15, 0.2) is 0 Å². The number of nitrogens with one attached hydrogen (secondary N) is 6. The molecule has 131 heavy (non-hydrogen) atoms. The van der Waals surface area contributed by atoms with Crippen LogP contribution in [-0.4, -0.2) is 63.0 Å². The van der Waals surface area contributed by atoms with E-state index in [1.165, 1.54) is 152 Å². The van der Waals surface area contributed by atoms with Crippen molar-refractivity contribution < 1.29 is 137 Å². The number of phenolic OH excluding ortho intramolecular Hbond substituents is 4. The average molecular weight is 1970 g/mol. The molecule has 17 nitrogen and oxygen atoms in total. The second kappa shape index (κ2) is 44.2. The zero-order valence-electron chi connectivity index (χ0n) is 68.3. The van der Waals surface area contributed by atoms with Crippen LogP contribution >= 0.6 is 50.7 Å². The first-order chi connectivity index (χ1) is 60.7. The van der Waals surface area contributed by atoms with E-state index in [0.717, 1.165) is 91.0 Å². The van der Waals surface area contributed by atoms with Gasteiger partial charge in [0.25, 0.3) is 35.4 Å². The Hall–Kier alpha value is -13.5. The van der Waals surface area contributed by atoms with Gasteiger partial charge in [0.1, 0.15) is 34.6 Å². The molecule has 0 atom stereocenters. The van der Waals surface area contributed by atoms with Gasteiger partial charge in [-0.2, -0.15) is 79.0 Å². The summed E-state index contributed by atoms with van der Waals surface area (Å²) >= 11 is 20.5. The molecule has 0 saturated carbocycles. The highest BCUT2D eigenvalue weighted by molar-refractivity contribution is 9.10. The predicted molar refractivity (Wildman–Crippen MR) is 459 cm³/mol. The minimum Gasteiger partial charge on any atom is -0.507 e. The second-order valence-corrected chi connectivity index (χ2v) is 30.3. The van der Waals surface area contributed by atoms with Crippen LogP contribution in [0, 0.1) is 47.4 Å². The molecule has 0 bridgehead atoms. The Morgan fingerprint density at radius 2 is 0.595 bits per heavy atom.